The molecule has 36 heavy (non-hydrogen) atoms. The van der Waals surface area contributed by atoms with Gasteiger partial charge in [-0.15, -0.1) is 0 Å². The molecule has 8 nitrogen and oxygen atoms in total. The number of nitrogens with one attached hydrogen (secondary N) is 1. The highest BCUT2D eigenvalue weighted by Crippen LogP contribution is 2.29. The third-order valence-electron chi connectivity index (χ3n) is 5.76. The fourth-order valence-electron chi connectivity index (χ4n) is 3.98. The number of aliphatic hydroxyl groups excluding tert-OH is 1. The smallest absolute Gasteiger partial charge is 0.418 e. The number of fused-ring (bicyclic) bond motifs is 1. The summed E-state index contributed by atoms with van der Waals surface area (Å²) in [5.41, 5.74) is 1.09. The van der Waals surface area contributed by atoms with Gasteiger partial charge in [-0.25, -0.2) is 13.2 Å². The van der Waals surface area contributed by atoms with Crippen LogP contribution in [-0.2, 0) is 14.6 Å². The number of aromatic nitrogens is 1. The van der Waals surface area contributed by atoms with Crippen molar-refractivity contribution in [3.05, 3.63) is 65.5 Å². The highest BCUT2D eigenvalue weighted by molar-refractivity contribution is 7.91. The lowest BCUT2D eigenvalue weighted by atomic mass is 10.0. The zero-order valence-electron chi connectivity index (χ0n) is 21.5. The lowest BCUT2D eigenvalue weighted by Gasteiger charge is -2.21. The molecule has 0 bridgehead atoms. The van der Waals surface area contributed by atoms with E-state index in [1.54, 1.807) is 64.2 Å². The van der Waals surface area contributed by atoms with Crippen LogP contribution in [0.3, 0.4) is 0 Å². The number of carbonyl (C=O) groups is 2. The molecule has 2 N–H and O–H groups in total. The molecule has 9 heteroatoms. The highest BCUT2D eigenvalue weighted by atomic mass is 32.2. The predicted molar refractivity (Wildman–Crippen MR) is 139 cm³/mol. The maximum Gasteiger partial charge on any atom is 0.418 e. The minimum absolute atomic E-state index is 0.0107. The summed E-state index contributed by atoms with van der Waals surface area (Å²) in [4.78, 5) is 26.0. The van der Waals surface area contributed by atoms with Crippen molar-refractivity contribution in [2.75, 3.05) is 12.4 Å². The van der Waals surface area contributed by atoms with E-state index in [1.807, 2.05) is 13.8 Å². The first kappa shape index (κ1) is 27.4. The number of sulfone groups is 1. The van der Waals surface area contributed by atoms with E-state index in [9.17, 15) is 23.1 Å². The average molecular weight is 515 g/mol. The molecule has 0 aliphatic rings. The van der Waals surface area contributed by atoms with Crippen molar-refractivity contribution < 1.29 is 27.9 Å². The second-order valence-corrected chi connectivity index (χ2v) is 12.3. The van der Waals surface area contributed by atoms with Crippen molar-refractivity contribution >= 4 is 32.6 Å². The number of hydrogen-bond acceptors (Lipinski definition) is 6. The second kappa shape index (κ2) is 10.4. The van der Waals surface area contributed by atoms with Crippen molar-refractivity contribution in [1.82, 2.24) is 9.88 Å². The van der Waals surface area contributed by atoms with Crippen molar-refractivity contribution in [2.24, 2.45) is 0 Å². The summed E-state index contributed by atoms with van der Waals surface area (Å²) in [7, 11) is -3.34. The predicted octanol–water partition coefficient (Wildman–Crippen LogP) is 4.80. The van der Waals surface area contributed by atoms with Gasteiger partial charge in [-0.05, 0) is 56.5 Å². The standard InChI is InChI=1S/C27H34N2O6S/c1-7-36(33,34)21-11-8-18(9-12-21)23(16-30)28-25(31)19-10-13-22-20(14-19)15-29(24(22)17(2)3)26(32)35-27(4,5)6/h8-15,17,23,30H,7,16H2,1-6H3,(H,28,31). The Morgan fingerprint density at radius 3 is 2.25 bits per heavy atom. The Kier molecular flexibility index (Phi) is 7.95. The van der Waals surface area contributed by atoms with Crippen molar-refractivity contribution in [3.63, 3.8) is 0 Å². The van der Waals surface area contributed by atoms with Gasteiger partial charge in [0.15, 0.2) is 9.84 Å². The second-order valence-electron chi connectivity index (χ2n) is 10.0. The van der Waals surface area contributed by atoms with Crippen LogP contribution in [0.1, 0.15) is 75.1 Å². The molecule has 1 aromatic heterocycles. The van der Waals surface area contributed by atoms with Gasteiger partial charge < -0.3 is 15.2 Å². The average Bonchev–Trinajstić information content (AvgIpc) is 3.21. The molecule has 194 valence electrons. The zero-order chi connectivity index (χ0) is 26.8. The summed E-state index contributed by atoms with van der Waals surface area (Å²) in [5.74, 6) is -0.381. The Morgan fingerprint density at radius 2 is 1.72 bits per heavy atom. The lowest BCUT2D eigenvalue weighted by molar-refractivity contribution is 0.0532. The summed E-state index contributed by atoms with van der Waals surface area (Å²) in [6.45, 7) is 10.6. The Balaban J connectivity index is 1.89. The Bertz CT molecular complexity index is 1370. The van der Waals surface area contributed by atoms with Crippen LogP contribution in [0.2, 0.25) is 0 Å². The fourth-order valence-corrected chi connectivity index (χ4v) is 4.87. The molecule has 0 fully saturated rings. The lowest BCUT2D eigenvalue weighted by Crippen LogP contribution is -2.30. The van der Waals surface area contributed by atoms with Crippen LogP contribution in [0, 0.1) is 0 Å². The molecule has 1 atom stereocenters. The van der Waals surface area contributed by atoms with Crippen molar-refractivity contribution in [1.29, 1.82) is 0 Å². The molecular formula is C27H34N2O6S. The largest absolute Gasteiger partial charge is 0.443 e. The van der Waals surface area contributed by atoms with Gasteiger partial charge in [-0.2, -0.15) is 0 Å². The van der Waals surface area contributed by atoms with Crippen LogP contribution >= 0.6 is 0 Å². The van der Waals surface area contributed by atoms with Gasteiger partial charge in [-0.1, -0.05) is 39.0 Å². The summed E-state index contributed by atoms with van der Waals surface area (Å²) in [6.07, 6.45) is 1.19. The first-order valence-corrected chi connectivity index (χ1v) is 13.6. The quantitative estimate of drug-likeness (QED) is 0.468. The maximum absolute atomic E-state index is 13.0. The molecular weight excluding hydrogens is 480 g/mol. The van der Waals surface area contributed by atoms with Crippen LogP contribution in [-0.4, -0.2) is 48.1 Å². The van der Waals surface area contributed by atoms with Crippen LogP contribution in [0.15, 0.2) is 53.6 Å². The minimum Gasteiger partial charge on any atom is -0.443 e. The monoisotopic (exact) mass is 514 g/mol. The number of ether oxygens (including phenoxy) is 1. The van der Waals surface area contributed by atoms with E-state index in [4.69, 9.17) is 4.74 Å². The molecule has 0 saturated carbocycles. The molecule has 0 saturated heterocycles. The molecule has 0 radical (unpaired) electrons. The normalized spacial score (nSPS) is 13.1. The molecule has 1 heterocycles. The number of rotatable bonds is 7. The molecule has 0 spiro atoms. The number of nitrogens with zero attached hydrogens (tertiary/aromatic N) is 1. The Morgan fingerprint density at radius 1 is 1.08 bits per heavy atom. The van der Waals surface area contributed by atoms with Gasteiger partial charge in [0.05, 0.1) is 23.3 Å². The van der Waals surface area contributed by atoms with Crippen LogP contribution in [0.25, 0.3) is 10.8 Å². The number of benzene rings is 2. The number of carbonyl (C=O) groups excluding carboxylic acids is 2. The third kappa shape index (κ3) is 5.96. The topological polar surface area (TPSA) is 115 Å². The van der Waals surface area contributed by atoms with Crippen molar-refractivity contribution in [3.8, 4) is 0 Å². The fraction of sp³-hybridized carbons (Fsp3) is 0.407. The van der Waals surface area contributed by atoms with E-state index in [-0.39, 0.29) is 23.2 Å². The van der Waals surface area contributed by atoms with Gasteiger partial charge in [0.25, 0.3) is 5.91 Å². The van der Waals surface area contributed by atoms with Gasteiger partial charge in [0.1, 0.15) is 5.60 Å². The molecule has 0 aliphatic heterocycles. The molecule has 2 aromatic carbocycles. The Labute approximate surface area is 212 Å². The minimum atomic E-state index is -3.34. The van der Waals surface area contributed by atoms with E-state index in [2.05, 4.69) is 5.32 Å². The summed E-state index contributed by atoms with van der Waals surface area (Å²) in [6, 6.07) is 10.6. The van der Waals surface area contributed by atoms with Gasteiger partial charge in [0.2, 0.25) is 0 Å². The first-order valence-electron chi connectivity index (χ1n) is 11.9. The van der Waals surface area contributed by atoms with Gasteiger partial charge in [0, 0.05) is 28.2 Å². The van der Waals surface area contributed by atoms with Crippen LogP contribution in [0.5, 0.6) is 0 Å². The van der Waals surface area contributed by atoms with Gasteiger partial charge in [-0.3, -0.25) is 9.36 Å². The third-order valence-corrected chi connectivity index (χ3v) is 7.51. The van der Waals surface area contributed by atoms with Crippen molar-refractivity contribution in [2.45, 2.75) is 64.0 Å². The SMILES string of the molecule is CCS(=O)(=O)c1ccc(C(CO)NC(=O)c2ccc3c(C(C)C)n(C(=O)OC(C)(C)C)cc3c2)cc1. The summed E-state index contributed by atoms with van der Waals surface area (Å²) >= 11 is 0. The highest BCUT2D eigenvalue weighted by Gasteiger charge is 2.24. The van der Waals surface area contributed by atoms with E-state index in [0.29, 0.717) is 16.5 Å². The molecule has 3 aromatic rings. The number of amides is 1. The summed E-state index contributed by atoms with van der Waals surface area (Å²) < 4.78 is 31.1. The maximum atomic E-state index is 13.0. The first-order chi connectivity index (χ1) is 16.8. The molecule has 3 rings (SSSR count). The van der Waals surface area contributed by atoms with Crippen LogP contribution < -0.4 is 5.32 Å². The molecule has 1 unspecified atom stereocenters. The van der Waals surface area contributed by atoms with E-state index < -0.39 is 33.5 Å². The van der Waals surface area contributed by atoms with E-state index in [0.717, 1.165) is 11.1 Å². The van der Waals surface area contributed by atoms with E-state index in [1.165, 1.54) is 16.7 Å². The van der Waals surface area contributed by atoms with Crippen LogP contribution in [0.4, 0.5) is 4.79 Å². The zero-order valence-corrected chi connectivity index (χ0v) is 22.3. The van der Waals surface area contributed by atoms with Gasteiger partial charge >= 0.3 is 6.09 Å². The summed E-state index contributed by atoms with van der Waals surface area (Å²) in [5, 5.41) is 14.2. The Hall–Kier alpha value is -3.17. The van der Waals surface area contributed by atoms with E-state index >= 15 is 0 Å². The molecule has 0 aliphatic carbocycles. The molecule has 1 amide bonds. The number of hydrogen-bond donors (Lipinski definition) is 2. The number of aliphatic hydroxyl groups is 1.